The van der Waals surface area contributed by atoms with E-state index < -0.39 is 0 Å². The highest BCUT2D eigenvalue weighted by molar-refractivity contribution is 7.99. The van der Waals surface area contributed by atoms with Crippen molar-refractivity contribution < 1.29 is 5.11 Å². The molecule has 0 aliphatic heterocycles. The molecule has 0 fully saturated rings. The van der Waals surface area contributed by atoms with Gasteiger partial charge >= 0.3 is 0 Å². The fraction of sp³-hybridized carbons (Fsp3) is 0.133. The Bertz CT molecular complexity index is 712. The number of thioether (sulfide) groups is 1. The van der Waals surface area contributed by atoms with E-state index in [4.69, 9.17) is 0 Å². The zero-order valence-corrected chi connectivity index (χ0v) is 12.2. The maximum Gasteiger partial charge on any atom is 0.214 e. The molecule has 0 radical (unpaired) electrons. The first-order valence-corrected chi connectivity index (χ1v) is 7.41. The normalized spacial score (nSPS) is 12.2. The van der Waals surface area contributed by atoms with E-state index in [0.717, 1.165) is 10.8 Å². The number of rotatable bonds is 4. The molecule has 3 rings (SSSR count). The molecule has 106 valence electrons. The van der Waals surface area contributed by atoms with Crippen LogP contribution in [0.2, 0.25) is 0 Å². The third-order valence-electron chi connectivity index (χ3n) is 3.09. The Balaban J connectivity index is 1.84. The summed E-state index contributed by atoms with van der Waals surface area (Å²) >= 11 is 1.59. The summed E-state index contributed by atoms with van der Waals surface area (Å²) in [6.07, 6.45) is 0. The van der Waals surface area contributed by atoms with Crippen LogP contribution in [0.3, 0.4) is 0 Å². The van der Waals surface area contributed by atoms with Gasteiger partial charge in [0.05, 0.1) is 5.69 Å². The second-order valence-electron chi connectivity index (χ2n) is 4.56. The van der Waals surface area contributed by atoms with Crippen molar-refractivity contribution in [3.8, 4) is 11.4 Å². The first kappa shape index (κ1) is 13.6. The minimum Gasteiger partial charge on any atom is -0.508 e. The Morgan fingerprint density at radius 2 is 1.76 bits per heavy atom. The Morgan fingerprint density at radius 3 is 2.48 bits per heavy atom. The highest BCUT2D eigenvalue weighted by atomic mass is 32.2. The predicted octanol–water partition coefficient (Wildman–Crippen LogP) is 3.22. The molecule has 0 saturated carbocycles. The largest absolute Gasteiger partial charge is 0.508 e. The average molecular weight is 298 g/mol. The second kappa shape index (κ2) is 5.97. The van der Waals surface area contributed by atoms with Crippen molar-refractivity contribution in [2.45, 2.75) is 17.3 Å². The van der Waals surface area contributed by atoms with E-state index in [1.165, 1.54) is 5.56 Å². The van der Waals surface area contributed by atoms with Crippen molar-refractivity contribution in [2.75, 3.05) is 0 Å². The topological polar surface area (TPSA) is 63.8 Å². The van der Waals surface area contributed by atoms with Gasteiger partial charge in [-0.2, -0.15) is 4.68 Å². The summed E-state index contributed by atoms with van der Waals surface area (Å²) in [7, 11) is 0. The molecule has 1 aromatic heterocycles. The molecule has 0 unspecified atom stereocenters. The van der Waals surface area contributed by atoms with Crippen LogP contribution >= 0.6 is 11.8 Å². The molecule has 1 N–H and O–H groups in total. The van der Waals surface area contributed by atoms with Crippen molar-refractivity contribution >= 4 is 11.8 Å². The van der Waals surface area contributed by atoms with Crippen LogP contribution in [0.5, 0.6) is 5.75 Å². The maximum absolute atomic E-state index is 9.35. The van der Waals surface area contributed by atoms with Crippen molar-refractivity contribution in [3.05, 3.63) is 60.2 Å². The molecule has 0 bridgehead atoms. The van der Waals surface area contributed by atoms with E-state index >= 15 is 0 Å². The van der Waals surface area contributed by atoms with Crippen LogP contribution in [0, 0.1) is 0 Å². The Hall–Kier alpha value is -2.34. The highest BCUT2D eigenvalue weighted by Gasteiger charge is 2.14. The van der Waals surface area contributed by atoms with Crippen LogP contribution in [0.15, 0.2) is 59.8 Å². The van der Waals surface area contributed by atoms with E-state index in [-0.39, 0.29) is 11.0 Å². The molecule has 0 spiro atoms. The van der Waals surface area contributed by atoms with Crippen molar-refractivity contribution in [3.63, 3.8) is 0 Å². The quantitative estimate of drug-likeness (QED) is 0.749. The molecule has 21 heavy (non-hydrogen) atoms. The molecule has 2 aromatic carbocycles. The fourth-order valence-corrected chi connectivity index (χ4v) is 2.89. The van der Waals surface area contributed by atoms with Gasteiger partial charge in [0, 0.05) is 5.25 Å². The van der Waals surface area contributed by atoms with Gasteiger partial charge in [-0.1, -0.05) is 42.1 Å². The number of aromatic hydroxyl groups is 1. The lowest BCUT2D eigenvalue weighted by molar-refractivity contribution is 0.475. The van der Waals surface area contributed by atoms with Crippen LogP contribution in [-0.2, 0) is 0 Å². The lowest BCUT2D eigenvalue weighted by Crippen LogP contribution is -2.00. The minimum atomic E-state index is 0.221. The molecule has 0 aliphatic carbocycles. The number of nitrogens with zero attached hydrogens (tertiary/aromatic N) is 4. The van der Waals surface area contributed by atoms with Gasteiger partial charge in [0.1, 0.15) is 5.75 Å². The average Bonchev–Trinajstić information content (AvgIpc) is 2.97. The van der Waals surface area contributed by atoms with Gasteiger partial charge in [-0.05, 0) is 47.2 Å². The number of tetrazole rings is 1. The number of hydrogen-bond acceptors (Lipinski definition) is 5. The fourth-order valence-electron chi connectivity index (χ4n) is 1.96. The Labute approximate surface area is 126 Å². The molecular weight excluding hydrogens is 284 g/mol. The Morgan fingerprint density at radius 1 is 1.05 bits per heavy atom. The van der Waals surface area contributed by atoms with Crippen LogP contribution in [-0.4, -0.2) is 25.3 Å². The van der Waals surface area contributed by atoms with Crippen LogP contribution in [0.1, 0.15) is 17.7 Å². The third kappa shape index (κ3) is 3.05. The van der Waals surface area contributed by atoms with Crippen LogP contribution in [0.4, 0.5) is 0 Å². The molecular formula is C15H14N4OS. The van der Waals surface area contributed by atoms with E-state index in [0.29, 0.717) is 0 Å². The standard InChI is InChI=1S/C15H14N4OS/c1-11(12-5-3-2-4-6-12)21-15-16-17-18-19(15)13-7-9-14(20)10-8-13/h2-11,20H,1H3/t11-/m1/s1. The summed E-state index contributed by atoms with van der Waals surface area (Å²) in [5.74, 6) is 0.221. The number of hydrogen-bond donors (Lipinski definition) is 1. The van der Waals surface area contributed by atoms with Crippen molar-refractivity contribution in [2.24, 2.45) is 0 Å². The molecule has 5 nitrogen and oxygen atoms in total. The zero-order chi connectivity index (χ0) is 14.7. The van der Waals surface area contributed by atoms with Gasteiger partial charge in [0.15, 0.2) is 0 Å². The van der Waals surface area contributed by atoms with Gasteiger partial charge < -0.3 is 5.11 Å². The Kier molecular flexibility index (Phi) is 3.87. The van der Waals surface area contributed by atoms with Gasteiger partial charge in [-0.15, -0.1) is 5.10 Å². The van der Waals surface area contributed by atoms with Crippen LogP contribution in [0.25, 0.3) is 5.69 Å². The second-order valence-corrected chi connectivity index (χ2v) is 5.87. The summed E-state index contributed by atoms with van der Waals surface area (Å²) in [6, 6.07) is 17.0. The summed E-state index contributed by atoms with van der Waals surface area (Å²) in [6.45, 7) is 2.12. The van der Waals surface area contributed by atoms with Crippen molar-refractivity contribution in [1.82, 2.24) is 20.2 Å². The smallest absolute Gasteiger partial charge is 0.214 e. The summed E-state index contributed by atoms with van der Waals surface area (Å²) in [5, 5.41) is 22.2. The van der Waals surface area contributed by atoms with E-state index in [1.807, 2.05) is 18.2 Å². The molecule has 6 heteroatoms. The summed E-state index contributed by atoms with van der Waals surface area (Å²) < 4.78 is 1.67. The van der Waals surface area contributed by atoms with Gasteiger partial charge in [-0.25, -0.2) is 0 Å². The monoisotopic (exact) mass is 298 g/mol. The van der Waals surface area contributed by atoms with E-state index in [2.05, 4.69) is 34.6 Å². The minimum absolute atomic E-state index is 0.221. The predicted molar refractivity (Wildman–Crippen MR) is 81.5 cm³/mol. The van der Waals surface area contributed by atoms with Crippen LogP contribution < -0.4 is 0 Å². The maximum atomic E-state index is 9.35. The van der Waals surface area contributed by atoms with E-state index in [9.17, 15) is 5.11 Å². The number of aromatic nitrogens is 4. The highest BCUT2D eigenvalue weighted by Crippen LogP contribution is 2.33. The number of phenols is 1. The third-order valence-corrected chi connectivity index (χ3v) is 4.18. The van der Waals surface area contributed by atoms with Gasteiger partial charge in [-0.3, -0.25) is 0 Å². The molecule has 0 aliphatic rings. The number of phenolic OH excluding ortho intramolecular Hbond substituents is 1. The SMILES string of the molecule is C[C@@H](Sc1nnnn1-c1ccc(O)cc1)c1ccccc1. The summed E-state index contributed by atoms with van der Waals surface area (Å²) in [4.78, 5) is 0. The van der Waals surface area contributed by atoms with Crippen molar-refractivity contribution in [1.29, 1.82) is 0 Å². The molecule has 1 heterocycles. The molecule has 3 aromatic rings. The molecule has 1 atom stereocenters. The molecule has 0 saturated heterocycles. The lowest BCUT2D eigenvalue weighted by Gasteiger charge is -2.11. The zero-order valence-electron chi connectivity index (χ0n) is 11.4. The lowest BCUT2D eigenvalue weighted by atomic mass is 10.2. The number of benzene rings is 2. The van der Waals surface area contributed by atoms with Gasteiger partial charge in [0.25, 0.3) is 0 Å². The summed E-state index contributed by atoms with van der Waals surface area (Å²) in [5.41, 5.74) is 2.04. The molecule has 0 amide bonds. The first-order chi connectivity index (χ1) is 10.2. The first-order valence-electron chi connectivity index (χ1n) is 6.53. The van der Waals surface area contributed by atoms with Gasteiger partial charge in [0.2, 0.25) is 5.16 Å². The van der Waals surface area contributed by atoms with E-state index in [1.54, 1.807) is 40.7 Å².